The number of ether oxygens (including phenoxy) is 2. The highest BCUT2D eigenvalue weighted by Crippen LogP contribution is 2.17. The summed E-state index contributed by atoms with van der Waals surface area (Å²) >= 11 is 0. The van der Waals surface area contributed by atoms with Crippen LogP contribution in [0.1, 0.15) is 290 Å². The van der Waals surface area contributed by atoms with Crippen LogP contribution in [0.2, 0.25) is 0 Å². The molecule has 0 fully saturated rings. The lowest BCUT2D eigenvalue weighted by molar-refractivity contribution is -0.161. The maximum Gasteiger partial charge on any atom is 0.306 e. The molecule has 0 bridgehead atoms. The van der Waals surface area contributed by atoms with Gasteiger partial charge in [-0.15, -0.1) is 0 Å². The predicted octanol–water partition coefficient (Wildman–Crippen LogP) is 17.9. The molecule has 0 spiro atoms. The van der Waals surface area contributed by atoms with Crippen molar-refractivity contribution < 1.29 is 24.2 Å². The zero-order valence-electron chi connectivity index (χ0n) is 40.9. The number of carbonyl (C=O) groups excluding carboxylic acids is 2. The second kappa shape index (κ2) is 52.5. The molecule has 1 unspecified atom stereocenters. The maximum atomic E-state index is 12.2. The summed E-state index contributed by atoms with van der Waals surface area (Å²) in [6, 6.07) is 0. The fourth-order valence-electron chi connectivity index (χ4n) is 8.09. The van der Waals surface area contributed by atoms with Crippen molar-refractivity contribution in [3.8, 4) is 0 Å². The number of unbranched alkanes of at least 4 members (excludes halogenated alkanes) is 36. The van der Waals surface area contributed by atoms with Crippen molar-refractivity contribution in [1.29, 1.82) is 0 Å². The largest absolute Gasteiger partial charge is 0.462 e. The predicted molar refractivity (Wildman–Crippen MR) is 265 cm³/mol. The Morgan fingerprint density at radius 1 is 0.377 bits per heavy atom. The molecule has 0 radical (unpaired) electrons. The Morgan fingerprint density at radius 3 is 0.984 bits per heavy atom. The van der Waals surface area contributed by atoms with Crippen LogP contribution in [-0.2, 0) is 19.1 Å². The summed E-state index contributed by atoms with van der Waals surface area (Å²) in [6.07, 6.45) is 67.5. The second-order valence-corrected chi connectivity index (χ2v) is 18.3. The Labute approximate surface area is 380 Å². The summed E-state index contributed by atoms with van der Waals surface area (Å²) in [6.45, 7) is 4.08. The Kier molecular flexibility index (Phi) is 50.8. The average molecular weight is 857 g/mol. The topological polar surface area (TPSA) is 72.8 Å². The van der Waals surface area contributed by atoms with Gasteiger partial charge in [-0.05, 0) is 51.4 Å². The number of rotatable bonds is 50. The molecule has 0 rings (SSSR count). The number of allylic oxidation sites excluding steroid dienone is 6. The zero-order chi connectivity index (χ0) is 44.2. The first kappa shape index (κ1) is 59.1. The van der Waals surface area contributed by atoms with Crippen LogP contribution in [0.5, 0.6) is 0 Å². The molecule has 61 heavy (non-hydrogen) atoms. The summed E-state index contributed by atoms with van der Waals surface area (Å²) in [5, 5.41) is 9.53. The minimum Gasteiger partial charge on any atom is -0.462 e. The highest BCUT2D eigenvalue weighted by molar-refractivity contribution is 5.70. The van der Waals surface area contributed by atoms with Gasteiger partial charge in [-0.3, -0.25) is 9.59 Å². The highest BCUT2D eigenvalue weighted by Gasteiger charge is 2.16. The molecule has 0 aliphatic carbocycles. The molecule has 1 atom stereocenters. The van der Waals surface area contributed by atoms with Crippen molar-refractivity contribution in [1.82, 2.24) is 0 Å². The van der Waals surface area contributed by atoms with Gasteiger partial charge in [0, 0.05) is 12.8 Å². The molecule has 0 aliphatic rings. The minimum atomic E-state index is -0.763. The van der Waals surface area contributed by atoms with E-state index in [1.807, 2.05) is 0 Å². The van der Waals surface area contributed by atoms with Crippen molar-refractivity contribution in [2.75, 3.05) is 13.2 Å². The molecular weight excluding hydrogens is 753 g/mol. The number of aliphatic hydroxyl groups excluding tert-OH is 1. The molecule has 0 saturated heterocycles. The van der Waals surface area contributed by atoms with E-state index in [1.54, 1.807) is 0 Å². The van der Waals surface area contributed by atoms with Crippen LogP contribution in [0.3, 0.4) is 0 Å². The van der Waals surface area contributed by atoms with Crippen LogP contribution in [0.15, 0.2) is 36.5 Å². The average Bonchev–Trinajstić information content (AvgIpc) is 3.26. The number of carbonyl (C=O) groups is 2. The van der Waals surface area contributed by atoms with Crippen LogP contribution < -0.4 is 0 Å². The van der Waals surface area contributed by atoms with E-state index >= 15 is 0 Å². The Morgan fingerprint density at radius 2 is 0.656 bits per heavy atom. The van der Waals surface area contributed by atoms with Crippen LogP contribution in [0.4, 0.5) is 0 Å². The van der Waals surface area contributed by atoms with E-state index < -0.39 is 6.10 Å². The van der Waals surface area contributed by atoms with E-state index in [9.17, 15) is 14.7 Å². The molecule has 0 heterocycles. The monoisotopic (exact) mass is 857 g/mol. The number of hydrogen-bond donors (Lipinski definition) is 1. The lowest BCUT2D eigenvalue weighted by Crippen LogP contribution is -2.28. The summed E-state index contributed by atoms with van der Waals surface area (Å²) in [5.74, 6) is -0.588. The normalized spacial score (nSPS) is 12.4. The number of hydrogen-bond acceptors (Lipinski definition) is 5. The standard InChI is InChI=1S/C56H104O5/c1-3-5-7-9-11-12-13-14-15-16-17-18-19-20-21-22-23-24-25-26-27-28-29-30-31-32-33-34-35-36-37-38-39-40-41-42-43-44-45-47-49-51-56(59)61-54(52-57)53-60-55(58)50-48-46-10-8-6-4-2/h13-14,16-17,19-20,54,57H,3-12,15,18,21-53H2,1-2H3/b14-13-,17-16-,20-19-. The summed E-state index contributed by atoms with van der Waals surface area (Å²) in [7, 11) is 0. The van der Waals surface area contributed by atoms with E-state index in [4.69, 9.17) is 9.47 Å². The van der Waals surface area contributed by atoms with Gasteiger partial charge in [0.1, 0.15) is 6.61 Å². The minimum absolute atomic E-state index is 0.0611. The van der Waals surface area contributed by atoms with E-state index in [2.05, 4.69) is 50.3 Å². The van der Waals surface area contributed by atoms with E-state index in [1.165, 1.54) is 212 Å². The fourth-order valence-corrected chi connectivity index (χ4v) is 8.09. The molecule has 0 aromatic rings. The molecule has 5 heteroatoms. The van der Waals surface area contributed by atoms with Gasteiger partial charge >= 0.3 is 11.9 Å². The molecule has 0 saturated carbocycles. The van der Waals surface area contributed by atoms with Crippen LogP contribution in [-0.4, -0.2) is 36.4 Å². The lowest BCUT2D eigenvalue weighted by atomic mass is 10.0. The smallest absolute Gasteiger partial charge is 0.306 e. The van der Waals surface area contributed by atoms with Gasteiger partial charge in [-0.1, -0.05) is 262 Å². The molecule has 0 aliphatic heterocycles. The van der Waals surface area contributed by atoms with Gasteiger partial charge in [-0.2, -0.15) is 0 Å². The van der Waals surface area contributed by atoms with Gasteiger partial charge in [-0.25, -0.2) is 0 Å². The fraction of sp³-hybridized carbons (Fsp3) is 0.857. The van der Waals surface area contributed by atoms with Crippen LogP contribution in [0, 0.1) is 0 Å². The molecule has 358 valence electrons. The molecule has 0 aromatic heterocycles. The first-order chi connectivity index (χ1) is 30.1. The van der Waals surface area contributed by atoms with Crippen molar-refractivity contribution in [3.05, 3.63) is 36.5 Å². The molecule has 0 amide bonds. The van der Waals surface area contributed by atoms with E-state index in [-0.39, 0.29) is 25.2 Å². The quantitative estimate of drug-likeness (QED) is 0.0375. The Balaban J connectivity index is 3.31. The summed E-state index contributed by atoms with van der Waals surface area (Å²) in [4.78, 5) is 24.1. The van der Waals surface area contributed by atoms with Crippen LogP contribution in [0.25, 0.3) is 0 Å². The molecule has 1 N–H and O–H groups in total. The third-order valence-electron chi connectivity index (χ3n) is 12.2. The van der Waals surface area contributed by atoms with Gasteiger partial charge < -0.3 is 14.6 Å². The molecular formula is C56H104O5. The third-order valence-corrected chi connectivity index (χ3v) is 12.2. The summed E-state index contributed by atoms with van der Waals surface area (Å²) in [5.41, 5.74) is 0. The Bertz CT molecular complexity index is 970. The molecule has 0 aromatic carbocycles. The maximum absolute atomic E-state index is 12.2. The van der Waals surface area contributed by atoms with Crippen molar-refractivity contribution >= 4 is 11.9 Å². The van der Waals surface area contributed by atoms with Gasteiger partial charge in [0.15, 0.2) is 6.10 Å². The van der Waals surface area contributed by atoms with Gasteiger partial charge in [0.05, 0.1) is 6.61 Å². The Hall–Kier alpha value is -1.88. The second-order valence-electron chi connectivity index (χ2n) is 18.3. The molecule has 5 nitrogen and oxygen atoms in total. The summed E-state index contributed by atoms with van der Waals surface area (Å²) < 4.78 is 10.6. The SMILES string of the molecule is CCCCCCC/C=C\C/C=C\C/C=C\CCCCCCCCCCCCCCCCCCCCCCCCCCCCC(=O)OC(CO)COC(=O)CCCCCCCC. The van der Waals surface area contributed by atoms with E-state index in [0.29, 0.717) is 12.8 Å². The number of esters is 2. The third kappa shape index (κ3) is 50.6. The van der Waals surface area contributed by atoms with Gasteiger partial charge in [0.2, 0.25) is 0 Å². The van der Waals surface area contributed by atoms with Crippen molar-refractivity contribution in [2.45, 2.75) is 296 Å². The first-order valence-electron chi connectivity index (χ1n) is 27.0. The van der Waals surface area contributed by atoms with Gasteiger partial charge in [0.25, 0.3) is 0 Å². The van der Waals surface area contributed by atoms with Crippen molar-refractivity contribution in [2.24, 2.45) is 0 Å². The van der Waals surface area contributed by atoms with Crippen molar-refractivity contribution in [3.63, 3.8) is 0 Å². The number of aliphatic hydroxyl groups is 1. The zero-order valence-corrected chi connectivity index (χ0v) is 40.9. The van der Waals surface area contributed by atoms with E-state index in [0.717, 1.165) is 51.4 Å². The first-order valence-corrected chi connectivity index (χ1v) is 27.0. The lowest BCUT2D eigenvalue weighted by Gasteiger charge is -2.15. The highest BCUT2D eigenvalue weighted by atomic mass is 16.6. The van der Waals surface area contributed by atoms with Crippen LogP contribution >= 0.6 is 0 Å².